The van der Waals surface area contributed by atoms with Gasteiger partial charge in [-0.25, -0.2) is 19.6 Å². The number of benzene rings is 1. The predicted octanol–water partition coefficient (Wildman–Crippen LogP) is 1.76. The van der Waals surface area contributed by atoms with Gasteiger partial charge in [0.2, 0.25) is 0 Å². The van der Waals surface area contributed by atoms with Crippen molar-refractivity contribution < 1.29 is 9.53 Å². The normalized spacial score (nSPS) is 14.2. The topological polar surface area (TPSA) is 111 Å². The van der Waals surface area contributed by atoms with Gasteiger partial charge in [0.1, 0.15) is 11.5 Å². The summed E-state index contributed by atoms with van der Waals surface area (Å²) >= 11 is 1.49. The highest BCUT2D eigenvalue weighted by molar-refractivity contribution is 7.98. The van der Waals surface area contributed by atoms with Crippen molar-refractivity contribution in [1.82, 2.24) is 35.0 Å². The number of hydrogen-bond acceptors (Lipinski definition) is 9. The van der Waals surface area contributed by atoms with E-state index < -0.39 is 0 Å². The molecule has 1 amide bonds. The lowest BCUT2D eigenvalue weighted by atomic mass is 10.3. The van der Waals surface area contributed by atoms with E-state index in [1.165, 1.54) is 18.0 Å². The summed E-state index contributed by atoms with van der Waals surface area (Å²) in [5.74, 6) is 0.609. The number of anilines is 1. The number of nitrogens with zero attached hydrogens (tertiary/aromatic N) is 7. The van der Waals surface area contributed by atoms with E-state index in [1.54, 1.807) is 10.9 Å². The minimum Gasteiger partial charge on any atom is -0.378 e. The van der Waals surface area contributed by atoms with Crippen LogP contribution in [0.5, 0.6) is 0 Å². The first-order valence-corrected chi connectivity index (χ1v) is 11.6. The first-order valence-electron chi connectivity index (χ1n) is 10.3. The summed E-state index contributed by atoms with van der Waals surface area (Å²) in [6.07, 6.45) is 5.24. The third kappa shape index (κ3) is 4.08. The number of carbonyl (C=O) groups excluding carboxylic acids is 1. The summed E-state index contributed by atoms with van der Waals surface area (Å²) in [5, 5.41) is 8.99. The van der Waals surface area contributed by atoms with Crippen molar-refractivity contribution >= 4 is 45.6 Å². The number of amides is 1. The molecule has 1 saturated heterocycles. The number of para-hydroxylation sites is 2. The van der Waals surface area contributed by atoms with Gasteiger partial charge in [0.05, 0.1) is 48.6 Å². The highest BCUT2D eigenvalue weighted by atomic mass is 32.2. The molecular weight excluding hydrogens is 428 g/mol. The summed E-state index contributed by atoms with van der Waals surface area (Å²) in [6, 6.07) is 7.46. The molecule has 1 aliphatic heterocycles. The second-order valence-electron chi connectivity index (χ2n) is 7.24. The molecule has 1 fully saturated rings. The lowest BCUT2D eigenvalue weighted by Crippen LogP contribution is -2.37. The third-order valence-electron chi connectivity index (χ3n) is 5.24. The van der Waals surface area contributed by atoms with E-state index in [-0.39, 0.29) is 11.6 Å². The summed E-state index contributed by atoms with van der Waals surface area (Å²) in [4.78, 5) is 32.8. The zero-order valence-electron chi connectivity index (χ0n) is 17.6. The summed E-state index contributed by atoms with van der Waals surface area (Å²) in [5.41, 5.74) is 2.49. The largest absolute Gasteiger partial charge is 0.378 e. The van der Waals surface area contributed by atoms with Gasteiger partial charge < -0.3 is 15.0 Å². The van der Waals surface area contributed by atoms with Crippen molar-refractivity contribution in [1.29, 1.82) is 0 Å². The fourth-order valence-electron chi connectivity index (χ4n) is 3.62. The molecule has 11 heteroatoms. The van der Waals surface area contributed by atoms with E-state index >= 15 is 0 Å². The molecule has 3 aromatic heterocycles. The highest BCUT2D eigenvalue weighted by Gasteiger charge is 2.20. The van der Waals surface area contributed by atoms with Crippen molar-refractivity contribution in [2.75, 3.05) is 44.0 Å². The minimum absolute atomic E-state index is 0.270. The van der Waals surface area contributed by atoms with Crippen LogP contribution in [0.25, 0.3) is 22.1 Å². The number of morpholine rings is 1. The zero-order valence-corrected chi connectivity index (χ0v) is 18.4. The fourth-order valence-corrected chi connectivity index (χ4v) is 3.98. The molecule has 0 aliphatic carbocycles. The summed E-state index contributed by atoms with van der Waals surface area (Å²) < 4.78 is 7.27. The fraction of sp³-hybridized carbons (Fsp3) is 0.333. The SMILES string of the molecule is CSc1nc(N2CCOCC2)c2cnn(CCNC(=O)c3cnc4ccccc4n3)c2n1. The van der Waals surface area contributed by atoms with Gasteiger partial charge in [0.15, 0.2) is 10.8 Å². The van der Waals surface area contributed by atoms with Crippen LogP contribution in [0, 0.1) is 0 Å². The quantitative estimate of drug-likeness (QED) is 0.347. The number of aromatic nitrogens is 6. The van der Waals surface area contributed by atoms with Crippen LogP contribution in [0.1, 0.15) is 10.5 Å². The van der Waals surface area contributed by atoms with E-state index in [9.17, 15) is 4.79 Å². The Morgan fingerprint density at radius 3 is 2.75 bits per heavy atom. The molecule has 10 nitrogen and oxygen atoms in total. The monoisotopic (exact) mass is 450 g/mol. The molecule has 5 rings (SSSR count). The Labute approximate surface area is 188 Å². The maximum Gasteiger partial charge on any atom is 0.271 e. The van der Waals surface area contributed by atoms with Crippen LogP contribution >= 0.6 is 11.8 Å². The second-order valence-corrected chi connectivity index (χ2v) is 8.01. The molecular formula is C21H22N8O2S. The van der Waals surface area contributed by atoms with Crippen LogP contribution in [0.3, 0.4) is 0 Å². The van der Waals surface area contributed by atoms with E-state index in [2.05, 4.69) is 30.3 Å². The van der Waals surface area contributed by atoms with Gasteiger partial charge in [-0.2, -0.15) is 5.10 Å². The molecule has 0 unspecified atom stereocenters. The molecule has 4 aromatic rings. The van der Waals surface area contributed by atoms with Crippen LogP contribution in [0.4, 0.5) is 5.82 Å². The minimum atomic E-state index is -0.270. The molecule has 0 bridgehead atoms. The molecule has 0 saturated carbocycles. The number of fused-ring (bicyclic) bond motifs is 2. The van der Waals surface area contributed by atoms with Crippen LogP contribution < -0.4 is 10.2 Å². The van der Waals surface area contributed by atoms with Crippen LogP contribution in [0.2, 0.25) is 0 Å². The van der Waals surface area contributed by atoms with Crippen molar-refractivity contribution in [3.8, 4) is 0 Å². The highest BCUT2D eigenvalue weighted by Crippen LogP contribution is 2.27. The van der Waals surface area contributed by atoms with Crippen LogP contribution in [-0.2, 0) is 11.3 Å². The third-order valence-corrected chi connectivity index (χ3v) is 5.79. The first kappa shape index (κ1) is 20.6. The maximum absolute atomic E-state index is 12.6. The van der Waals surface area contributed by atoms with Gasteiger partial charge in [-0.05, 0) is 18.4 Å². The number of thioether (sulfide) groups is 1. The molecule has 0 atom stereocenters. The standard InChI is InChI=1S/C21H22N8O2S/c1-32-21-26-18(28-8-10-31-11-9-28)14-12-24-29(19(14)27-21)7-6-22-20(30)17-13-23-15-4-2-3-5-16(15)25-17/h2-5,12-13H,6-11H2,1H3,(H,22,30). The summed E-state index contributed by atoms with van der Waals surface area (Å²) in [6.45, 7) is 3.79. The average molecular weight is 451 g/mol. The maximum atomic E-state index is 12.6. The Morgan fingerprint density at radius 2 is 1.94 bits per heavy atom. The molecule has 1 N–H and O–H groups in total. The Bertz CT molecular complexity index is 1270. The van der Waals surface area contributed by atoms with E-state index in [1.807, 2.05) is 30.5 Å². The smallest absolute Gasteiger partial charge is 0.271 e. The van der Waals surface area contributed by atoms with Crippen molar-refractivity contribution in [3.05, 3.63) is 42.4 Å². The van der Waals surface area contributed by atoms with Crippen LogP contribution in [0.15, 0.2) is 41.8 Å². The lowest BCUT2D eigenvalue weighted by Gasteiger charge is -2.28. The molecule has 0 spiro atoms. The van der Waals surface area contributed by atoms with Gasteiger partial charge in [0.25, 0.3) is 5.91 Å². The zero-order chi connectivity index (χ0) is 21.9. The van der Waals surface area contributed by atoms with Gasteiger partial charge in [-0.3, -0.25) is 9.78 Å². The van der Waals surface area contributed by atoms with Gasteiger partial charge in [-0.1, -0.05) is 23.9 Å². The Kier molecular flexibility index (Phi) is 5.82. The van der Waals surface area contributed by atoms with Crippen molar-refractivity contribution in [3.63, 3.8) is 0 Å². The predicted molar refractivity (Wildman–Crippen MR) is 122 cm³/mol. The van der Waals surface area contributed by atoms with Gasteiger partial charge >= 0.3 is 0 Å². The van der Waals surface area contributed by atoms with Gasteiger partial charge in [-0.15, -0.1) is 0 Å². The number of hydrogen-bond donors (Lipinski definition) is 1. The number of nitrogens with one attached hydrogen (secondary N) is 1. The molecule has 164 valence electrons. The van der Waals surface area contributed by atoms with E-state index in [4.69, 9.17) is 9.72 Å². The van der Waals surface area contributed by atoms with Crippen LogP contribution in [-0.4, -0.2) is 74.7 Å². The molecule has 32 heavy (non-hydrogen) atoms. The van der Waals surface area contributed by atoms with E-state index in [0.717, 1.165) is 35.5 Å². The van der Waals surface area contributed by atoms with Crippen molar-refractivity contribution in [2.45, 2.75) is 11.7 Å². The lowest BCUT2D eigenvalue weighted by molar-refractivity contribution is 0.0947. The Hall–Kier alpha value is -3.31. The number of carbonyl (C=O) groups is 1. The van der Waals surface area contributed by atoms with Crippen molar-refractivity contribution in [2.24, 2.45) is 0 Å². The van der Waals surface area contributed by atoms with E-state index in [0.29, 0.717) is 37.0 Å². The number of rotatable bonds is 6. The second kappa shape index (κ2) is 9.05. The molecule has 4 heterocycles. The average Bonchev–Trinajstić information content (AvgIpc) is 3.26. The molecule has 1 aliphatic rings. The number of ether oxygens (including phenoxy) is 1. The Morgan fingerprint density at radius 1 is 1.12 bits per heavy atom. The molecule has 0 radical (unpaired) electrons. The Balaban J connectivity index is 1.32. The summed E-state index contributed by atoms with van der Waals surface area (Å²) in [7, 11) is 0. The molecule has 1 aromatic carbocycles. The van der Waals surface area contributed by atoms with Gasteiger partial charge in [0, 0.05) is 19.6 Å². The first-order chi connectivity index (χ1) is 15.7.